The molecule has 0 saturated heterocycles. The summed E-state index contributed by atoms with van der Waals surface area (Å²) in [6.45, 7) is 2.74. The summed E-state index contributed by atoms with van der Waals surface area (Å²) in [5, 5.41) is 3.72. The van der Waals surface area contributed by atoms with Crippen LogP contribution in [0.15, 0.2) is 40.9 Å². The summed E-state index contributed by atoms with van der Waals surface area (Å²) in [4.78, 5) is 0. The van der Waals surface area contributed by atoms with Gasteiger partial charge in [-0.2, -0.15) is 0 Å². The second-order valence-corrected chi connectivity index (χ2v) is 5.98. The minimum absolute atomic E-state index is 0.0649. The number of hydrogen-bond donors (Lipinski definition) is 1. The lowest BCUT2D eigenvalue weighted by molar-refractivity contribution is 0.545. The lowest BCUT2D eigenvalue weighted by Gasteiger charge is -2.20. The average molecular weight is 375 g/mol. The van der Waals surface area contributed by atoms with E-state index in [4.69, 9.17) is 11.6 Å². The zero-order chi connectivity index (χ0) is 15.4. The zero-order valence-electron chi connectivity index (χ0n) is 11.5. The van der Waals surface area contributed by atoms with Crippen LogP contribution in [0.25, 0.3) is 0 Å². The summed E-state index contributed by atoms with van der Waals surface area (Å²) in [6, 6.07) is 8.92. The first-order valence-electron chi connectivity index (χ1n) is 6.63. The van der Waals surface area contributed by atoms with E-state index in [0.29, 0.717) is 15.9 Å². The zero-order valence-corrected chi connectivity index (χ0v) is 13.8. The molecule has 2 aromatic carbocycles. The predicted octanol–water partition coefficient (Wildman–Crippen LogP) is 5.27. The molecule has 0 spiro atoms. The van der Waals surface area contributed by atoms with Crippen LogP contribution >= 0.6 is 27.5 Å². The van der Waals surface area contributed by atoms with E-state index in [0.717, 1.165) is 17.7 Å². The molecule has 0 radical (unpaired) electrons. The Bertz CT molecular complexity index is 634. The van der Waals surface area contributed by atoms with E-state index in [1.165, 1.54) is 24.3 Å². The molecule has 0 saturated carbocycles. The Morgan fingerprint density at radius 2 is 1.81 bits per heavy atom. The van der Waals surface area contributed by atoms with Gasteiger partial charge in [-0.15, -0.1) is 0 Å². The van der Waals surface area contributed by atoms with Gasteiger partial charge in [0.15, 0.2) is 0 Å². The molecule has 2 aromatic rings. The molecule has 112 valence electrons. The molecule has 2 rings (SSSR count). The van der Waals surface area contributed by atoms with Crippen molar-refractivity contribution in [1.82, 2.24) is 5.32 Å². The Morgan fingerprint density at radius 1 is 1.14 bits per heavy atom. The Labute approximate surface area is 136 Å². The summed E-state index contributed by atoms with van der Waals surface area (Å²) in [7, 11) is 0. The topological polar surface area (TPSA) is 12.0 Å². The Balaban J connectivity index is 2.30. The van der Waals surface area contributed by atoms with Crippen molar-refractivity contribution in [3.05, 3.63) is 68.7 Å². The van der Waals surface area contributed by atoms with Crippen molar-refractivity contribution in [3.8, 4) is 0 Å². The molecule has 1 atom stereocenters. The molecule has 0 amide bonds. The van der Waals surface area contributed by atoms with Crippen molar-refractivity contribution in [2.24, 2.45) is 0 Å². The highest BCUT2D eigenvalue weighted by Gasteiger charge is 2.16. The lowest BCUT2D eigenvalue weighted by atomic mass is 9.98. The molecule has 0 aliphatic rings. The first kappa shape index (κ1) is 16.4. The first-order valence-corrected chi connectivity index (χ1v) is 7.80. The molecule has 1 N–H and O–H groups in total. The number of benzene rings is 2. The van der Waals surface area contributed by atoms with Gasteiger partial charge in [0.05, 0.1) is 0 Å². The van der Waals surface area contributed by atoms with E-state index >= 15 is 0 Å². The highest BCUT2D eigenvalue weighted by atomic mass is 79.9. The van der Waals surface area contributed by atoms with Crippen LogP contribution in [0.5, 0.6) is 0 Å². The Hall–Kier alpha value is -0.970. The molecular formula is C16H15BrClF2N. The van der Waals surface area contributed by atoms with Crippen molar-refractivity contribution in [2.45, 2.75) is 19.4 Å². The van der Waals surface area contributed by atoms with Gasteiger partial charge in [-0.25, -0.2) is 8.78 Å². The predicted molar refractivity (Wildman–Crippen MR) is 85.6 cm³/mol. The van der Waals surface area contributed by atoms with Gasteiger partial charge in [-0.3, -0.25) is 0 Å². The molecule has 5 heteroatoms. The van der Waals surface area contributed by atoms with Crippen LogP contribution in [0.3, 0.4) is 0 Å². The molecule has 0 aliphatic heterocycles. The fourth-order valence-corrected chi connectivity index (χ4v) is 3.04. The largest absolute Gasteiger partial charge is 0.310 e. The van der Waals surface area contributed by atoms with E-state index in [9.17, 15) is 8.78 Å². The quantitative estimate of drug-likeness (QED) is 0.751. The minimum atomic E-state index is -0.359. The van der Waals surface area contributed by atoms with E-state index in [1.54, 1.807) is 12.1 Å². The molecule has 0 heterocycles. The molecule has 1 unspecified atom stereocenters. The Kier molecular flexibility index (Phi) is 5.73. The maximum Gasteiger partial charge on any atom is 0.124 e. The van der Waals surface area contributed by atoms with Crippen LogP contribution in [-0.4, -0.2) is 6.54 Å². The molecule has 1 nitrogen and oxygen atoms in total. The third-order valence-electron chi connectivity index (χ3n) is 3.23. The highest BCUT2D eigenvalue weighted by molar-refractivity contribution is 9.10. The van der Waals surface area contributed by atoms with Gasteiger partial charge < -0.3 is 5.32 Å². The number of nitrogens with one attached hydrogen (secondary N) is 1. The maximum absolute atomic E-state index is 13.2. The van der Waals surface area contributed by atoms with Crippen LogP contribution in [-0.2, 0) is 6.42 Å². The highest BCUT2D eigenvalue weighted by Crippen LogP contribution is 2.29. The minimum Gasteiger partial charge on any atom is -0.310 e. The van der Waals surface area contributed by atoms with Crippen molar-refractivity contribution in [1.29, 1.82) is 0 Å². The van der Waals surface area contributed by atoms with Crippen LogP contribution in [0.1, 0.15) is 24.1 Å². The molecule has 0 bridgehead atoms. The van der Waals surface area contributed by atoms with Crippen LogP contribution in [0, 0.1) is 11.6 Å². The van der Waals surface area contributed by atoms with E-state index in [-0.39, 0.29) is 17.7 Å². The van der Waals surface area contributed by atoms with E-state index < -0.39 is 0 Å². The summed E-state index contributed by atoms with van der Waals surface area (Å²) >= 11 is 9.51. The number of rotatable bonds is 5. The van der Waals surface area contributed by atoms with Crippen molar-refractivity contribution in [3.63, 3.8) is 0 Å². The maximum atomic E-state index is 13.2. The van der Waals surface area contributed by atoms with Gasteiger partial charge in [-0.05, 0) is 48.4 Å². The van der Waals surface area contributed by atoms with Crippen LogP contribution < -0.4 is 5.32 Å². The Morgan fingerprint density at radius 3 is 2.43 bits per heavy atom. The van der Waals surface area contributed by atoms with Crippen molar-refractivity contribution < 1.29 is 8.78 Å². The number of halogens is 4. The standard InChI is InChI=1S/C16H15BrClF2N/c1-2-21-16(13-6-5-12(20)9-15(13)18)7-10-3-4-11(19)8-14(10)17/h3-6,8-9,16,21H,2,7H2,1H3. The first-order chi connectivity index (χ1) is 10.0. The van der Waals surface area contributed by atoms with Gasteiger partial charge in [0, 0.05) is 15.5 Å². The third-order valence-corrected chi connectivity index (χ3v) is 4.29. The number of likely N-dealkylation sites (N-methyl/N-ethyl adjacent to an activating group) is 1. The van der Waals surface area contributed by atoms with Crippen LogP contribution in [0.2, 0.25) is 5.02 Å². The van der Waals surface area contributed by atoms with E-state index in [1.807, 2.05) is 6.92 Å². The van der Waals surface area contributed by atoms with E-state index in [2.05, 4.69) is 21.2 Å². The van der Waals surface area contributed by atoms with Gasteiger partial charge >= 0.3 is 0 Å². The average Bonchev–Trinajstić information content (AvgIpc) is 2.41. The van der Waals surface area contributed by atoms with Gasteiger partial charge in [-0.1, -0.05) is 46.6 Å². The summed E-state index contributed by atoms with van der Waals surface area (Å²) in [5.41, 5.74) is 1.79. The van der Waals surface area contributed by atoms with Gasteiger partial charge in [0.2, 0.25) is 0 Å². The summed E-state index contributed by atoms with van der Waals surface area (Å²) in [5.74, 6) is -0.646. The second kappa shape index (κ2) is 7.34. The number of hydrogen-bond acceptors (Lipinski definition) is 1. The second-order valence-electron chi connectivity index (χ2n) is 4.72. The smallest absolute Gasteiger partial charge is 0.124 e. The molecule has 0 aromatic heterocycles. The molecule has 21 heavy (non-hydrogen) atoms. The van der Waals surface area contributed by atoms with Crippen LogP contribution in [0.4, 0.5) is 8.78 Å². The van der Waals surface area contributed by atoms with Gasteiger partial charge in [0.1, 0.15) is 11.6 Å². The third kappa shape index (κ3) is 4.25. The normalized spacial score (nSPS) is 12.4. The molecule has 0 aliphatic carbocycles. The lowest BCUT2D eigenvalue weighted by Crippen LogP contribution is -2.23. The SMILES string of the molecule is CCNC(Cc1ccc(F)cc1Br)c1ccc(F)cc1Cl. The summed E-state index contributed by atoms with van der Waals surface area (Å²) < 4.78 is 27.0. The summed E-state index contributed by atoms with van der Waals surface area (Å²) in [6.07, 6.45) is 0.625. The fourth-order valence-electron chi connectivity index (χ4n) is 2.23. The fraction of sp³-hybridized carbons (Fsp3) is 0.250. The molecular weight excluding hydrogens is 360 g/mol. The molecule has 0 fully saturated rings. The van der Waals surface area contributed by atoms with Crippen molar-refractivity contribution >= 4 is 27.5 Å². The van der Waals surface area contributed by atoms with Crippen molar-refractivity contribution in [2.75, 3.05) is 6.54 Å². The monoisotopic (exact) mass is 373 g/mol. The van der Waals surface area contributed by atoms with Gasteiger partial charge in [0.25, 0.3) is 0 Å².